The molecule has 1 aromatic carbocycles. The van der Waals surface area contributed by atoms with Crippen LogP contribution in [0.25, 0.3) is 0 Å². The second-order valence-electron chi connectivity index (χ2n) is 4.26. The number of benzene rings is 1. The molecule has 1 N–H and O–H groups in total. The van der Waals surface area contributed by atoms with Crippen LogP contribution >= 0.6 is 22.9 Å². The van der Waals surface area contributed by atoms with Crippen LogP contribution in [-0.2, 0) is 0 Å². The number of rotatable bonds is 3. The van der Waals surface area contributed by atoms with E-state index in [9.17, 15) is 4.79 Å². The van der Waals surface area contributed by atoms with Crippen molar-refractivity contribution in [3.05, 3.63) is 29.8 Å². The Hall–Kier alpha value is -0.780. The summed E-state index contributed by atoms with van der Waals surface area (Å²) in [7, 11) is 0. The van der Waals surface area contributed by atoms with E-state index in [1.807, 2.05) is 35.0 Å². The fraction of sp³-hybridized carbons (Fsp3) is 0.417. The standard InChI is InChI=1S/C12H14INO2/c1-8-6-11(7-8)16-10-4-2-9(3-5-10)12(15)14-13/h2-5,8,11H,6-7H2,1H3,(H,14,15). The highest BCUT2D eigenvalue weighted by atomic mass is 127. The van der Waals surface area contributed by atoms with Crippen molar-refractivity contribution in [2.24, 2.45) is 5.92 Å². The summed E-state index contributed by atoms with van der Waals surface area (Å²) < 4.78 is 8.32. The zero-order valence-electron chi connectivity index (χ0n) is 9.07. The van der Waals surface area contributed by atoms with Crippen LogP contribution in [0.1, 0.15) is 30.1 Å². The molecule has 0 radical (unpaired) electrons. The number of carbonyl (C=O) groups is 1. The zero-order chi connectivity index (χ0) is 11.5. The lowest BCUT2D eigenvalue weighted by Crippen LogP contribution is -2.31. The lowest BCUT2D eigenvalue weighted by Gasteiger charge is -2.32. The summed E-state index contributed by atoms with van der Waals surface area (Å²) in [5.74, 6) is 1.56. The summed E-state index contributed by atoms with van der Waals surface area (Å²) >= 11 is 1.83. The second-order valence-corrected chi connectivity index (χ2v) is 4.80. The Balaban J connectivity index is 1.94. The molecule has 3 nitrogen and oxygen atoms in total. The zero-order valence-corrected chi connectivity index (χ0v) is 11.2. The normalized spacial score (nSPS) is 23.4. The first kappa shape index (κ1) is 11.7. The summed E-state index contributed by atoms with van der Waals surface area (Å²) in [6.45, 7) is 2.23. The van der Waals surface area contributed by atoms with E-state index in [0.717, 1.165) is 24.5 Å². The molecule has 1 amide bonds. The summed E-state index contributed by atoms with van der Waals surface area (Å²) in [6, 6.07) is 7.27. The molecule has 1 saturated carbocycles. The molecule has 0 unspecified atom stereocenters. The molecule has 0 aromatic heterocycles. The van der Waals surface area contributed by atoms with Crippen LogP contribution in [0, 0.1) is 5.92 Å². The quantitative estimate of drug-likeness (QED) is 0.683. The van der Waals surface area contributed by atoms with Crippen molar-refractivity contribution in [3.8, 4) is 5.75 Å². The van der Waals surface area contributed by atoms with Crippen LogP contribution < -0.4 is 8.27 Å². The lowest BCUT2D eigenvalue weighted by atomic mass is 9.84. The fourth-order valence-corrected chi connectivity index (χ4v) is 2.17. The summed E-state index contributed by atoms with van der Waals surface area (Å²) in [6.07, 6.45) is 2.63. The Morgan fingerprint density at radius 1 is 1.38 bits per heavy atom. The van der Waals surface area contributed by atoms with E-state index >= 15 is 0 Å². The van der Waals surface area contributed by atoms with Crippen LogP contribution in [-0.4, -0.2) is 12.0 Å². The Morgan fingerprint density at radius 3 is 2.50 bits per heavy atom. The van der Waals surface area contributed by atoms with Crippen molar-refractivity contribution in [2.75, 3.05) is 0 Å². The van der Waals surface area contributed by atoms with Crippen molar-refractivity contribution < 1.29 is 9.53 Å². The maximum Gasteiger partial charge on any atom is 0.259 e. The van der Waals surface area contributed by atoms with Gasteiger partial charge < -0.3 is 4.74 Å². The predicted octanol–water partition coefficient (Wildman–Crippen LogP) is 2.94. The highest BCUT2D eigenvalue weighted by molar-refractivity contribution is 14.1. The van der Waals surface area contributed by atoms with Gasteiger partial charge in [-0.1, -0.05) is 6.92 Å². The molecule has 0 atom stereocenters. The first-order chi connectivity index (χ1) is 7.69. The summed E-state index contributed by atoms with van der Waals surface area (Å²) in [5.41, 5.74) is 0.656. The van der Waals surface area contributed by atoms with E-state index in [1.165, 1.54) is 0 Å². The van der Waals surface area contributed by atoms with Crippen LogP contribution in [0.3, 0.4) is 0 Å². The topological polar surface area (TPSA) is 38.3 Å². The molecule has 4 heteroatoms. The van der Waals surface area contributed by atoms with Crippen LogP contribution in [0.4, 0.5) is 0 Å². The Labute approximate surface area is 109 Å². The first-order valence-corrected chi connectivity index (χ1v) is 6.44. The van der Waals surface area contributed by atoms with Gasteiger partial charge in [-0.2, -0.15) is 0 Å². The van der Waals surface area contributed by atoms with Crippen molar-refractivity contribution in [1.82, 2.24) is 3.53 Å². The highest BCUT2D eigenvalue weighted by Gasteiger charge is 2.26. The summed E-state index contributed by atoms with van der Waals surface area (Å²) in [4.78, 5) is 11.3. The van der Waals surface area contributed by atoms with Gasteiger partial charge in [-0.05, 0) is 43.0 Å². The molecule has 1 aliphatic carbocycles. The largest absolute Gasteiger partial charge is 0.490 e. The van der Waals surface area contributed by atoms with Gasteiger partial charge in [0.05, 0.1) is 29.0 Å². The van der Waals surface area contributed by atoms with Gasteiger partial charge in [-0.15, -0.1) is 0 Å². The molecular weight excluding hydrogens is 317 g/mol. The van der Waals surface area contributed by atoms with Crippen molar-refractivity contribution in [3.63, 3.8) is 0 Å². The van der Waals surface area contributed by atoms with E-state index in [1.54, 1.807) is 12.1 Å². The fourth-order valence-electron chi connectivity index (χ4n) is 1.86. The van der Waals surface area contributed by atoms with E-state index < -0.39 is 0 Å². The monoisotopic (exact) mass is 331 g/mol. The second kappa shape index (κ2) is 5.03. The lowest BCUT2D eigenvalue weighted by molar-refractivity contribution is 0.0739. The Bertz CT molecular complexity index is 371. The van der Waals surface area contributed by atoms with Gasteiger partial charge in [0.15, 0.2) is 0 Å². The Kier molecular flexibility index (Phi) is 3.68. The third-order valence-corrected chi connectivity index (χ3v) is 3.33. The molecule has 1 fully saturated rings. The minimum Gasteiger partial charge on any atom is -0.490 e. The molecule has 0 bridgehead atoms. The van der Waals surface area contributed by atoms with Gasteiger partial charge >= 0.3 is 0 Å². The van der Waals surface area contributed by atoms with E-state index in [4.69, 9.17) is 4.74 Å². The number of amides is 1. The molecule has 86 valence electrons. The molecule has 2 rings (SSSR count). The van der Waals surface area contributed by atoms with E-state index in [-0.39, 0.29) is 5.91 Å². The number of carbonyl (C=O) groups excluding carboxylic acids is 1. The predicted molar refractivity (Wildman–Crippen MR) is 70.7 cm³/mol. The number of ether oxygens (including phenoxy) is 1. The molecule has 1 aliphatic rings. The van der Waals surface area contributed by atoms with Crippen molar-refractivity contribution in [1.29, 1.82) is 0 Å². The number of hydrogen-bond acceptors (Lipinski definition) is 2. The van der Waals surface area contributed by atoms with Gasteiger partial charge in [0, 0.05) is 5.56 Å². The van der Waals surface area contributed by atoms with Gasteiger partial charge in [-0.3, -0.25) is 8.32 Å². The molecule has 16 heavy (non-hydrogen) atoms. The van der Waals surface area contributed by atoms with Gasteiger partial charge in [0.2, 0.25) is 0 Å². The van der Waals surface area contributed by atoms with Crippen LogP contribution in [0.2, 0.25) is 0 Å². The SMILES string of the molecule is CC1CC(Oc2ccc(C(=O)NI)cc2)C1. The van der Waals surface area contributed by atoms with Crippen LogP contribution in [0.15, 0.2) is 24.3 Å². The highest BCUT2D eigenvalue weighted by Crippen LogP contribution is 2.30. The average molecular weight is 331 g/mol. The minimum atomic E-state index is -0.0792. The third kappa shape index (κ3) is 2.66. The number of nitrogens with one attached hydrogen (secondary N) is 1. The molecule has 1 aromatic rings. The van der Waals surface area contributed by atoms with Crippen LogP contribution in [0.5, 0.6) is 5.75 Å². The van der Waals surface area contributed by atoms with E-state index in [2.05, 4.69) is 10.5 Å². The van der Waals surface area contributed by atoms with Crippen molar-refractivity contribution >= 4 is 28.8 Å². The van der Waals surface area contributed by atoms with E-state index in [0.29, 0.717) is 11.7 Å². The number of halogens is 1. The maximum absolute atomic E-state index is 11.3. The van der Waals surface area contributed by atoms with Crippen molar-refractivity contribution in [2.45, 2.75) is 25.9 Å². The van der Waals surface area contributed by atoms with Gasteiger partial charge in [-0.25, -0.2) is 0 Å². The molecule has 0 spiro atoms. The molecule has 0 aliphatic heterocycles. The molecule has 0 heterocycles. The average Bonchev–Trinajstić information content (AvgIpc) is 2.27. The molecular formula is C12H14INO2. The minimum absolute atomic E-state index is 0.0792. The molecule has 0 saturated heterocycles. The maximum atomic E-state index is 11.3. The number of hydrogen-bond donors (Lipinski definition) is 1. The van der Waals surface area contributed by atoms with Gasteiger partial charge in [0.25, 0.3) is 5.91 Å². The Morgan fingerprint density at radius 2 is 2.00 bits per heavy atom. The van der Waals surface area contributed by atoms with Gasteiger partial charge in [0.1, 0.15) is 5.75 Å². The smallest absolute Gasteiger partial charge is 0.259 e. The third-order valence-electron chi connectivity index (χ3n) is 2.84. The summed E-state index contributed by atoms with van der Waals surface area (Å²) in [5, 5.41) is 0. The first-order valence-electron chi connectivity index (χ1n) is 5.36.